The highest BCUT2D eigenvalue weighted by atomic mass is 127. The van der Waals surface area contributed by atoms with Gasteiger partial charge >= 0.3 is 0 Å². The minimum atomic E-state index is -2.00. The predicted molar refractivity (Wildman–Crippen MR) is 145 cm³/mol. The highest BCUT2D eigenvalue weighted by Gasteiger charge is 2.43. The zero-order chi connectivity index (χ0) is 24.5. The number of aldehydes is 1. The Labute approximate surface area is 210 Å². The van der Waals surface area contributed by atoms with Gasteiger partial charge in [0.1, 0.15) is 12.0 Å². The Morgan fingerprint density at radius 1 is 1.06 bits per heavy atom. The van der Waals surface area contributed by atoms with E-state index >= 15 is 0 Å². The third-order valence-corrected chi connectivity index (χ3v) is 11.7. The molecule has 0 heterocycles. The van der Waals surface area contributed by atoms with E-state index in [9.17, 15) is 4.79 Å². The van der Waals surface area contributed by atoms with Crippen molar-refractivity contribution >= 4 is 37.2 Å². The van der Waals surface area contributed by atoms with E-state index in [-0.39, 0.29) is 29.1 Å². The molecule has 182 valence electrons. The highest BCUT2D eigenvalue weighted by molar-refractivity contribution is 14.1. The summed E-state index contributed by atoms with van der Waals surface area (Å²) in [6, 6.07) is 7.87. The van der Waals surface area contributed by atoms with Gasteiger partial charge in [-0.25, -0.2) is 0 Å². The van der Waals surface area contributed by atoms with Crippen molar-refractivity contribution in [1.82, 2.24) is 0 Å². The lowest BCUT2D eigenvalue weighted by molar-refractivity contribution is -0.121. The van der Waals surface area contributed by atoms with Gasteiger partial charge in [0, 0.05) is 11.8 Å². The van der Waals surface area contributed by atoms with Crippen molar-refractivity contribution in [2.24, 2.45) is 17.8 Å². The first-order chi connectivity index (χ1) is 14.9. The Morgan fingerprint density at radius 3 is 2.12 bits per heavy atom. The molecule has 0 aliphatic carbocycles. The number of hydrogen-bond acceptors (Lipinski definition) is 4. The molecule has 6 heteroatoms. The summed E-state index contributed by atoms with van der Waals surface area (Å²) < 4.78 is 20.7. The van der Waals surface area contributed by atoms with Crippen LogP contribution in [0.25, 0.3) is 0 Å². The van der Waals surface area contributed by atoms with Crippen LogP contribution in [0.1, 0.15) is 53.5 Å². The number of ether oxygens (including phenoxy) is 2. The molecule has 0 aliphatic rings. The van der Waals surface area contributed by atoms with Crippen molar-refractivity contribution in [1.29, 1.82) is 0 Å². The van der Waals surface area contributed by atoms with Gasteiger partial charge in [0.2, 0.25) is 0 Å². The fourth-order valence-electron chi connectivity index (χ4n) is 3.62. The summed E-state index contributed by atoms with van der Waals surface area (Å²) in [6.07, 6.45) is 3.92. The van der Waals surface area contributed by atoms with Crippen molar-refractivity contribution in [3.63, 3.8) is 0 Å². The van der Waals surface area contributed by atoms with Gasteiger partial charge in [-0.1, -0.05) is 82.3 Å². The van der Waals surface area contributed by atoms with Crippen LogP contribution in [-0.2, 0) is 20.6 Å². The molecule has 0 aromatic heterocycles. The van der Waals surface area contributed by atoms with E-state index in [1.807, 2.05) is 31.2 Å². The monoisotopic (exact) mass is 574 g/mol. The first-order valence-corrected chi connectivity index (χ1v) is 15.7. The normalized spacial score (nSPS) is 17.6. The van der Waals surface area contributed by atoms with Crippen LogP contribution >= 0.6 is 22.6 Å². The minimum Gasteiger partial charge on any atom is -0.497 e. The van der Waals surface area contributed by atoms with Crippen LogP contribution in [0.3, 0.4) is 0 Å². The average molecular weight is 575 g/mol. The molecule has 0 radical (unpaired) electrons. The highest BCUT2D eigenvalue weighted by Crippen LogP contribution is 2.40. The Morgan fingerprint density at radius 2 is 1.66 bits per heavy atom. The van der Waals surface area contributed by atoms with Gasteiger partial charge in [-0.15, -0.1) is 0 Å². The molecule has 5 atom stereocenters. The molecule has 0 saturated heterocycles. The molecule has 1 aromatic carbocycles. The molecule has 0 spiro atoms. The van der Waals surface area contributed by atoms with E-state index in [4.69, 9.17) is 13.9 Å². The van der Waals surface area contributed by atoms with Crippen LogP contribution in [-0.4, -0.2) is 33.9 Å². The Bertz CT molecular complexity index is 712. The SMILES string of the molecule is COc1ccc(CO[C@H]([C@@H](C)[C@@H](O[Si](C)(C)C(C)(C)C)[C@H](C)C/C=C/I)[C@@H](C)C=O)cc1. The summed E-state index contributed by atoms with van der Waals surface area (Å²) in [5.74, 6) is 0.984. The molecule has 0 unspecified atom stereocenters. The maximum absolute atomic E-state index is 11.8. The van der Waals surface area contributed by atoms with E-state index in [1.54, 1.807) is 7.11 Å². The van der Waals surface area contributed by atoms with Crippen molar-refractivity contribution in [3.05, 3.63) is 40.0 Å². The number of carbonyl (C=O) groups is 1. The zero-order valence-corrected chi connectivity index (χ0v) is 24.5. The van der Waals surface area contributed by atoms with E-state index in [0.717, 1.165) is 24.0 Å². The first-order valence-electron chi connectivity index (χ1n) is 11.5. The fraction of sp³-hybridized carbons (Fsp3) is 0.654. The fourth-order valence-corrected chi connectivity index (χ4v) is 5.39. The summed E-state index contributed by atoms with van der Waals surface area (Å²) in [5.41, 5.74) is 1.06. The molecule has 1 aromatic rings. The van der Waals surface area contributed by atoms with Crippen molar-refractivity contribution < 1.29 is 18.7 Å². The van der Waals surface area contributed by atoms with Gasteiger partial charge in [-0.2, -0.15) is 0 Å². The molecule has 0 saturated carbocycles. The number of halogens is 1. The van der Waals surface area contributed by atoms with Crippen molar-refractivity contribution in [2.75, 3.05) is 7.11 Å². The van der Waals surface area contributed by atoms with Gasteiger partial charge in [0.25, 0.3) is 0 Å². The number of rotatable bonds is 13. The van der Waals surface area contributed by atoms with E-state index in [2.05, 4.69) is 80.5 Å². The molecule has 0 aliphatic heterocycles. The Kier molecular flexibility index (Phi) is 12.1. The molecule has 0 bridgehead atoms. The molecule has 0 fully saturated rings. The van der Waals surface area contributed by atoms with Crippen LogP contribution in [0, 0.1) is 17.8 Å². The maximum Gasteiger partial charge on any atom is 0.192 e. The summed E-state index contributed by atoms with van der Waals surface area (Å²) in [6.45, 7) is 18.2. The largest absolute Gasteiger partial charge is 0.497 e. The third kappa shape index (κ3) is 8.58. The van der Waals surface area contributed by atoms with Crippen LogP contribution in [0.4, 0.5) is 0 Å². The summed E-state index contributed by atoms with van der Waals surface area (Å²) >= 11 is 2.26. The molecule has 1 rings (SSSR count). The molecule has 32 heavy (non-hydrogen) atoms. The van der Waals surface area contributed by atoms with Gasteiger partial charge < -0.3 is 18.7 Å². The topological polar surface area (TPSA) is 44.8 Å². The molecule has 0 N–H and O–H groups in total. The van der Waals surface area contributed by atoms with Gasteiger partial charge in [0.05, 0.1) is 25.9 Å². The minimum absolute atomic E-state index is 0.00626. The van der Waals surface area contributed by atoms with Crippen LogP contribution in [0.15, 0.2) is 34.4 Å². The molecule has 4 nitrogen and oxygen atoms in total. The maximum atomic E-state index is 11.8. The predicted octanol–water partition coefficient (Wildman–Crippen LogP) is 7.42. The van der Waals surface area contributed by atoms with E-state index in [1.165, 1.54) is 0 Å². The van der Waals surface area contributed by atoms with Crippen molar-refractivity contribution in [3.8, 4) is 5.75 Å². The summed E-state index contributed by atoms with van der Waals surface area (Å²) in [7, 11) is -0.346. The average Bonchev–Trinajstić information content (AvgIpc) is 2.75. The number of methoxy groups -OCH3 is 1. The van der Waals surface area contributed by atoms with Gasteiger partial charge in [0.15, 0.2) is 8.32 Å². The molecular weight excluding hydrogens is 531 g/mol. The summed E-state index contributed by atoms with van der Waals surface area (Å²) in [4.78, 5) is 11.8. The second kappa shape index (κ2) is 13.3. The third-order valence-electron chi connectivity index (χ3n) is 6.77. The Hall–Kier alpha value is -0.703. The Balaban J connectivity index is 3.15. The zero-order valence-electron chi connectivity index (χ0n) is 21.4. The number of hydrogen-bond donors (Lipinski definition) is 0. The smallest absolute Gasteiger partial charge is 0.192 e. The molecular formula is C26H43IO4Si. The van der Waals surface area contributed by atoms with E-state index in [0.29, 0.717) is 12.5 Å². The quantitative estimate of drug-likeness (QED) is 0.140. The molecule has 0 amide bonds. The van der Waals surface area contributed by atoms with Gasteiger partial charge in [-0.3, -0.25) is 0 Å². The van der Waals surface area contributed by atoms with Crippen LogP contribution < -0.4 is 4.74 Å². The lowest BCUT2D eigenvalue weighted by Crippen LogP contribution is -2.50. The number of allylic oxidation sites excluding steroid dienone is 1. The second-order valence-corrected chi connectivity index (χ2v) is 15.9. The standard InChI is InChI=1S/C26H43IO4Si/c1-19(11-10-16-27)25(31-32(8,9)26(4,5)6)21(3)24(20(2)17-28)30-18-22-12-14-23(29-7)15-13-22/h10,12-17,19-21,24-25H,11,18H2,1-9H3/b16-10+/t19-,20+,21-,24+,25+/m1/s1. The summed E-state index contributed by atoms with van der Waals surface area (Å²) in [5, 5.41) is 0.111. The van der Waals surface area contributed by atoms with Crippen molar-refractivity contribution in [2.45, 2.75) is 84.9 Å². The van der Waals surface area contributed by atoms with E-state index < -0.39 is 8.32 Å². The van der Waals surface area contributed by atoms with Crippen LogP contribution in [0.2, 0.25) is 18.1 Å². The van der Waals surface area contributed by atoms with Crippen LogP contribution in [0.5, 0.6) is 5.75 Å². The number of carbonyl (C=O) groups excluding carboxylic acids is 1. The lowest BCUT2D eigenvalue weighted by Gasteiger charge is -2.44. The van der Waals surface area contributed by atoms with Gasteiger partial charge in [-0.05, 0) is 52.2 Å². The lowest BCUT2D eigenvalue weighted by atomic mass is 9.83. The second-order valence-electron chi connectivity index (χ2n) is 10.4. The number of benzene rings is 1. The first kappa shape index (κ1) is 29.3.